The molecule has 0 radical (unpaired) electrons. The Morgan fingerprint density at radius 1 is 0.878 bits per heavy atom. The summed E-state index contributed by atoms with van der Waals surface area (Å²) in [5.74, 6) is 0.224. The van der Waals surface area contributed by atoms with Crippen molar-refractivity contribution >= 4 is 17.9 Å². The molecule has 0 bridgehead atoms. The third-order valence-electron chi connectivity index (χ3n) is 9.60. The lowest BCUT2D eigenvalue weighted by Gasteiger charge is -2.37. The van der Waals surface area contributed by atoms with Crippen LogP contribution >= 0.6 is 0 Å². The van der Waals surface area contributed by atoms with Gasteiger partial charge in [0.2, 0.25) is 5.91 Å². The number of hydrogen-bond donors (Lipinski definition) is 3. The van der Waals surface area contributed by atoms with Crippen LogP contribution in [0.25, 0.3) is 22.4 Å². The maximum atomic E-state index is 14.5. The third kappa shape index (κ3) is 6.69. The van der Waals surface area contributed by atoms with E-state index in [1.54, 1.807) is 19.2 Å². The Labute approximate surface area is 285 Å². The van der Waals surface area contributed by atoms with Gasteiger partial charge in [-0.25, -0.2) is 9.78 Å². The van der Waals surface area contributed by atoms with Crippen molar-refractivity contribution in [3.05, 3.63) is 137 Å². The Balaban J connectivity index is 1.12. The molecule has 5 aromatic rings. The number of carbonyl (C=O) groups is 3. The van der Waals surface area contributed by atoms with E-state index in [2.05, 4.69) is 39.9 Å². The van der Waals surface area contributed by atoms with Gasteiger partial charge in [-0.3, -0.25) is 9.59 Å². The SMILES string of the molecule is CNC(=O)c1ccc(C[C@H](NC(=O)OCC2c3ccccc3-c3ccccc32)C(=O)N2CCCC[C@H]2c2ncc(-c3ccccc3)[nH]2)cc1. The zero-order chi connectivity index (χ0) is 33.7. The number of nitrogens with zero attached hydrogens (tertiary/aromatic N) is 2. The van der Waals surface area contributed by atoms with Gasteiger partial charge in [0.15, 0.2) is 0 Å². The summed E-state index contributed by atoms with van der Waals surface area (Å²) in [5, 5.41) is 5.55. The number of alkyl carbamates (subject to hydrolysis) is 1. The van der Waals surface area contributed by atoms with Gasteiger partial charge in [0.05, 0.1) is 17.9 Å². The lowest BCUT2D eigenvalue weighted by molar-refractivity contribution is -0.137. The van der Waals surface area contributed by atoms with Crippen molar-refractivity contribution in [2.75, 3.05) is 20.2 Å². The van der Waals surface area contributed by atoms with Crippen LogP contribution in [0.5, 0.6) is 0 Å². The molecule has 1 fully saturated rings. The minimum Gasteiger partial charge on any atom is -0.449 e. The first-order valence-electron chi connectivity index (χ1n) is 16.8. The zero-order valence-electron chi connectivity index (χ0n) is 27.4. The standard InChI is InChI=1S/C40H39N5O4/c1-41-38(46)28-20-18-26(19-21-28)23-34(44-40(48)49-25-33-31-15-7-5-13-29(31)30-14-6-8-16-32(30)33)39(47)45-22-10-9-17-36(45)37-42-24-35(43-37)27-11-3-2-4-12-27/h2-8,11-16,18-21,24,33-34,36H,9-10,17,22-23,25H2,1H3,(H,41,46)(H,42,43)(H,44,48)/t34-,36-/m0/s1. The molecule has 2 aliphatic rings. The topological polar surface area (TPSA) is 116 Å². The van der Waals surface area contributed by atoms with Crippen LogP contribution in [0.4, 0.5) is 4.79 Å². The number of rotatable bonds is 9. The third-order valence-corrected chi connectivity index (χ3v) is 9.60. The van der Waals surface area contributed by atoms with Crippen LogP contribution in [0.1, 0.15) is 64.1 Å². The van der Waals surface area contributed by atoms with E-state index >= 15 is 0 Å². The van der Waals surface area contributed by atoms with E-state index in [-0.39, 0.29) is 36.8 Å². The molecule has 1 aliphatic carbocycles. The molecule has 9 nitrogen and oxygen atoms in total. The normalized spacial score (nSPS) is 15.9. The molecule has 1 aliphatic heterocycles. The van der Waals surface area contributed by atoms with Crippen molar-refractivity contribution in [2.45, 2.75) is 43.7 Å². The second kappa shape index (κ2) is 14.2. The van der Waals surface area contributed by atoms with E-state index in [9.17, 15) is 14.4 Å². The molecular weight excluding hydrogens is 614 g/mol. The van der Waals surface area contributed by atoms with Gasteiger partial charge in [0.1, 0.15) is 18.5 Å². The summed E-state index contributed by atoms with van der Waals surface area (Å²) in [4.78, 5) is 50.1. The minimum atomic E-state index is -0.898. The number of imidazole rings is 1. The molecule has 2 atom stereocenters. The summed E-state index contributed by atoms with van der Waals surface area (Å²) in [6, 6.07) is 32.2. The van der Waals surface area contributed by atoms with Gasteiger partial charge in [0.25, 0.3) is 5.91 Å². The van der Waals surface area contributed by atoms with Gasteiger partial charge >= 0.3 is 6.09 Å². The molecule has 0 spiro atoms. The van der Waals surface area contributed by atoms with Crippen LogP contribution in [0.3, 0.4) is 0 Å². The largest absolute Gasteiger partial charge is 0.449 e. The Hall–Kier alpha value is -5.70. The van der Waals surface area contributed by atoms with E-state index < -0.39 is 12.1 Å². The number of ether oxygens (including phenoxy) is 1. The molecule has 7 rings (SSSR count). The first-order valence-corrected chi connectivity index (χ1v) is 16.8. The van der Waals surface area contributed by atoms with Crippen LogP contribution in [-0.2, 0) is 16.0 Å². The molecule has 1 saturated heterocycles. The summed E-state index contributed by atoms with van der Waals surface area (Å²) in [7, 11) is 1.58. The number of benzene rings is 4. The Morgan fingerprint density at radius 3 is 2.24 bits per heavy atom. The monoisotopic (exact) mass is 653 g/mol. The predicted octanol–water partition coefficient (Wildman–Crippen LogP) is 6.64. The number of aromatic nitrogens is 2. The van der Waals surface area contributed by atoms with E-state index in [0.29, 0.717) is 12.1 Å². The maximum absolute atomic E-state index is 14.5. The number of piperidine rings is 1. The van der Waals surface area contributed by atoms with Crippen molar-refractivity contribution in [3.8, 4) is 22.4 Å². The van der Waals surface area contributed by atoms with Crippen molar-refractivity contribution < 1.29 is 19.1 Å². The first-order chi connectivity index (χ1) is 24.0. The van der Waals surface area contributed by atoms with Gasteiger partial charge in [0, 0.05) is 31.5 Å². The number of H-pyrrole nitrogens is 1. The highest BCUT2D eigenvalue weighted by Gasteiger charge is 2.36. The number of nitrogens with one attached hydrogen (secondary N) is 3. The molecule has 1 aromatic heterocycles. The molecule has 3 amide bonds. The first kappa shape index (κ1) is 31.9. The number of likely N-dealkylation sites (tertiary alicyclic amines) is 1. The summed E-state index contributed by atoms with van der Waals surface area (Å²) in [5.41, 5.74) is 7.75. The van der Waals surface area contributed by atoms with Crippen molar-refractivity contribution in [1.29, 1.82) is 0 Å². The minimum absolute atomic E-state index is 0.103. The molecule has 248 valence electrons. The molecule has 9 heteroatoms. The number of amides is 3. The summed E-state index contributed by atoms with van der Waals surface area (Å²) in [6.45, 7) is 0.686. The summed E-state index contributed by atoms with van der Waals surface area (Å²) in [6.07, 6.45) is 3.95. The highest BCUT2D eigenvalue weighted by Crippen LogP contribution is 2.44. The second-order valence-corrected chi connectivity index (χ2v) is 12.6. The van der Waals surface area contributed by atoms with Crippen molar-refractivity contribution in [2.24, 2.45) is 0 Å². The molecule has 0 unspecified atom stereocenters. The molecule has 4 aromatic carbocycles. The quantitative estimate of drug-likeness (QED) is 0.165. The lowest BCUT2D eigenvalue weighted by atomic mass is 9.97. The fourth-order valence-corrected chi connectivity index (χ4v) is 7.10. The molecule has 3 N–H and O–H groups in total. The fraction of sp³-hybridized carbons (Fsp3) is 0.250. The van der Waals surface area contributed by atoms with Crippen molar-refractivity contribution in [1.82, 2.24) is 25.5 Å². The van der Waals surface area contributed by atoms with Crippen LogP contribution in [0, 0.1) is 0 Å². The van der Waals surface area contributed by atoms with Crippen LogP contribution < -0.4 is 10.6 Å². The van der Waals surface area contributed by atoms with Crippen molar-refractivity contribution in [3.63, 3.8) is 0 Å². The van der Waals surface area contributed by atoms with E-state index in [0.717, 1.165) is 64.2 Å². The van der Waals surface area contributed by atoms with Gasteiger partial charge < -0.3 is 25.3 Å². The van der Waals surface area contributed by atoms with E-state index in [1.165, 1.54) is 0 Å². The smallest absolute Gasteiger partial charge is 0.407 e. The highest BCUT2D eigenvalue weighted by atomic mass is 16.5. The lowest BCUT2D eigenvalue weighted by Crippen LogP contribution is -2.52. The number of fused-ring (bicyclic) bond motifs is 3. The van der Waals surface area contributed by atoms with Gasteiger partial charge in [-0.2, -0.15) is 0 Å². The maximum Gasteiger partial charge on any atom is 0.407 e. The molecule has 0 saturated carbocycles. The van der Waals surface area contributed by atoms with E-state index in [4.69, 9.17) is 9.72 Å². The Bertz CT molecular complexity index is 1910. The highest BCUT2D eigenvalue weighted by molar-refractivity contribution is 5.94. The van der Waals surface area contributed by atoms with Crippen LogP contribution in [-0.4, -0.2) is 59.0 Å². The molecule has 2 heterocycles. The second-order valence-electron chi connectivity index (χ2n) is 12.6. The summed E-state index contributed by atoms with van der Waals surface area (Å²) >= 11 is 0. The van der Waals surface area contributed by atoms with Gasteiger partial charge in [-0.1, -0.05) is 91.0 Å². The number of carbonyl (C=O) groups excluding carboxylic acids is 3. The fourth-order valence-electron chi connectivity index (χ4n) is 7.10. The van der Waals surface area contributed by atoms with Crippen LogP contribution in [0.2, 0.25) is 0 Å². The average Bonchev–Trinajstić information content (AvgIpc) is 3.77. The number of hydrogen-bond acceptors (Lipinski definition) is 5. The summed E-state index contributed by atoms with van der Waals surface area (Å²) < 4.78 is 5.88. The predicted molar refractivity (Wildman–Crippen MR) is 188 cm³/mol. The molecule has 49 heavy (non-hydrogen) atoms. The zero-order valence-corrected chi connectivity index (χ0v) is 27.4. The van der Waals surface area contributed by atoms with Gasteiger partial charge in [-0.15, -0.1) is 0 Å². The molecular formula is C40H39N5O4. The average molecular weight is 654 g/mol. The van der Waals surface area contributed by atoms with E-state index in [1.807, 2.05) is 77.8 Å². The Morgan fingerprint density at radius 2 is 1.55 bits per heavy atom. The van der Waals surface area contributed by atoms with Gasteiger partial charge in [-0.05, 0) is 64.8 Å². The Kier molecular flexibility index (Phi) is 9.23. The van der Waals surface area contributed by atoms with Crippen LogP contribution in [0.15, 0.2) is 109 Å². The number of aromatic amines is 1.